The summed E-state index contributed by atoms with van der Waals surface area (Å²) >= 11 is 3.60. The molecule has 1 aliphatic rings. The normalized spacial score (nSPS) is 14.3. The zero-order valence-electron chi connectivity index (χ0n) is 11.1. The Morgan fingerprint density at radius 1 is 1.10 bits per heavy atom. The molecule has 0 unspecified atom stereocenters. The summed E-state index contributed by atoms with van der Waals surface area (Å²) in [5.74, 6) is 0. The van der Waals surface area contributed by atoms with Crippen LogP contribution in [-0.4, -0.2) is 6.54 Å². The summed E-state index contributed by atoms with van der Waals surface area (Å²) in [6, 6.07) is 16.7. The molecule has 3 heteroatoms. The Hall–Kier alpha value is -1.79. The monoisotopic (exact) mass is 326 g/mol. The molecule has 2 nitrogen and oxygen atoms in total. The maximum atomic E-state index is 8.95. The zero-order chi connectivity index (χ0) is 13.9. The van der Waals surface area contributed by atoms with Crippen LogP contribution in [0, 0.1) is 11.3 Å². The van der Waals surface area contributed by atoms with E-state index in [0.717, 1.165) is 30.4 Å². The van der Waals surface area contributed by atoms with Crippen LogP contribution in [0.2, 0.25) is 0 Å². The number of anilines is 1. The first-order valence-electron chi connectivity index (χ1n) is 6.79. The summed E-state index contributed by atoms with van der Waals surface area (Å²) < 4.78 is 0.996. The number of hydrogen-bond acceptors (Lipinski definition) is 2. The molecule has 1 heterocycles. The van der Waals surface area contributed by atoms with Crippen molar-refractivity contribution in [3.63, 3.8) is 0 Å². The van der Waals surface area contributed by atoms with Crippen LogP contribution in [0.15, 0.2) is 46.9 Å². The first kappa shape index (κ1) is 13.2. The van der Waals surface area contributed by atoms with Gasteiger partial charge in [-0.1, -0.05) is 24.3 Å². The largest absolute Gasteiger partial charge is 0.366 e. The molecule has 0 saturated carbocycles. The van der Waals surface area contributed by atoms with E-state index in [1.165, 1.54) is 16.8 Å². The van der Waals surface area contributed by atoms with E-state index in [4.69, 9.17) is 5.26 Å². The van der Waals surface area contributed by atoms with Crippen LogP contribution in [0.4, 0.5) is 5.69 Å². The summed E-state index contributed by atoms with van der Waals surface area (Å²) in [7, 11) is 0. The van der Waals surface area contributed by atoms with Gasteiger partial charge in [-0.25, -0.2) is 0 Å². The molecule has 0 aliphatic carbocycles. The maximum Gasteiger partial charge on any atom is 0.0992 e. The fraction of sp³-hybridized carbons (Fsp3) is 0.235. The SMILES string of the molecule is N#Cc1ccc(N2CCCc3ccccc3C2)c(Br)c1. The average Bonchev–Trinajstić information content (AvgIpc) is 2.69. The van der Waals surface area contributed by atoms with Crippen LogP contribution >= 0.6 is 15.9 Å². The minimum Gasteiger partial charge on any atom is -0.366 e. The van der Waals surface area contributed by atoms with Crippen molar-refractivity contribution >= 4 is 21.6 Å². The van der Waals surface area contributed by atoms with Gasteiger partial charge in [0, 0.05) is 17.6 Å². The highest BCUT2D eigenvalue weighted by Crippen LogP contribution is 2.30. The molecule has 0 bridgehead atoms. The third-order valence-electron chi connectivity index (χ3n) is 3.77. The van der Waals surface area contributed by atoms with E-state index in [0.29, 0.717) is 5.56 Å². The molecule has 20 heavy (non-hydrogen) atoms. The van der Waals surface area contributed by atoms with Crippen molar-refractivity contribution in [2.45, 2.75) is 19.4 Å². The zero-order valence-corrected chi connectivity index (χ0v) is 12.7. The Bertz CT molecular complexity index is 673. The van der Waals surface area contributed by atoms with Gasteiger partial charge in [0.05, 0.1) is 17.3 Å². The van der Waals surface area contributed by atoms with Crippen LogP contribution in [-0.2, 0) is 13.0 Å². The molecular weight excluding hydrogens is 312 g/mol. The maximum absolute atomic E-state index is 8.95. The fourth-order valence-electron chi connectivity index (χ4n) is 2.74. The topological polar surface area (TPSA) is 27.0 Å². The molecule has 0 amide bonds. The van der Waals surface area contributed by atoms with Gasteiger partial charge in [0.25, 0.3) is 0 Å². The van der Waals surface area contributed by atoms with E-state index in [2.05, 4.69) is 51.2 Å². The second-order valence-corrected chi connectivity index (χ2v) is 5.93. The van der Waals surface area contributed by atoms with Crippen LogP contribution in [0.3, 0.4) is 0 Å². The van der Waals surface area contributed by atoms with Gasteiger partial charge in [-0.15, -0.1) is 0 Å². The highest BCUT2D eigenvalue weighted by atomic mass is 79.9. The Morgan fingerprint density at radius 2 is 1.90 bits per heavy atom. The molecule has 100 valence electrons. The summed E-state index contributed by atoms with van der Waals surface area (Å²) in [5, 5.41) is 8.95. The third kappa shape index (κ3) is 2.57. The van der Waals surface area contributed by atoms with Crippen molar-refractivity contribution < 1.29 is 0 Å². The number of rotatable bonds is 1. The van der Waals surface area contributed by atoms with Gasteiger partial charge in [0.15, 0.2) is 0 Å². The number of nitrogens with zero attached hydrogens (tertiary/aromatic N) is 2. The Labute approximate surface area is 127 Å². The van der Waals surface area contributed by atoms with Gasteiger partial charge in [0.2, 0.25) is 0 Å². The smallest absolute Gasteiger partial charge is 0.0992 e. The lowest BCUT2D eigenvalue weighted by Crippen LogP contribution is -2.22. The van der Waals surface area contributed by atoms with E-state index in [1.807, 2.05) is 18.2 Å². The average molecular weight is 327 g/mol. The van der Waals surface area contributed by atoms with Gasteiger partial charge in [-0.2, -0.15) is 5.26 Å². The summed E-state index contributed by atoms with van der Waals surface area (Å²) in [6.45, 7) is 1.97. The summed E-state index contributed by atoms with van der Waals surface area (Å²) in [5.41, 5.74) is 4.72. The molecule has 0 N–H and O–H groups in total. The number of halogens is 1. The highest BCUT2D eigenvalue weighted by molar-refractivity contribution is 9.10. The minimum atomic E-state index is 0.691. The molecule has 0 spiro atoms. The van der Waals surface area contributed by atoms with Crippen LogP contribution < -0.4 is 4.90 Å². The van der Waals surface area contributed by atoms with E-state index in [1.54, 1.807) is 0 Å². The quantitative estimate of drug-likeness (QED) is 0.782. The second kappa shape index (κ2) is 5.68. The van der Waals surface area contributed by atoms with Crippen molar-refractivity contribution in [1.29, 1.82) is 5.26 Å². The third-order valence-corrected chi connectivity index (χ3v) is 4.41. The molecule has 0 aromatic heterocycles. The lowest BCUT2D eigenvalue weighted by molar-refractivity contribution is 0.764. The minimum absolute atomic E-state index is 0.691. The fourth-order valence-corrected chi connectivity index (χ4v) is 3.37. The lowest BCUT2D eigenvalue weighted by Gasteiger charge is -2.24. The molecule has 0 atom stereocenters. The molecule has 0 fully saturated rings. The van der Waals surface area contributed by atoms with E-state index in [9.17, 15) is 0 Å². The van der Waals surface area contributed by atoms with Crippen molar-refractivity contribution in [2.24, 2.45) is 0 Å². The molecule has 3 rings (SSSR count). The summed E-state index contributed by atoms with van der Waals surface area (Å²) in [4.78, 5) is 2.39. The van der Waals surface area contributed by atoms with E-state index < -0.39 is 0 Å². The van der Waals surface area contributed by atoms with Crippen LogP contribution in [0.1, 0.15) is 23.1 Å². The Morgan fingerprint density at radius 3 is 2.65 bits per heavy atom. The predicted octanol–water partition coefficient (Wildman–Crippen LogP) is 4.27. The number of hydrogen-bond donors (Lipinski definition) is 0. The van der Waals surface area contributed by atoms with Crippen molar-refractivity contribution in [1.82, 2.24) is 0 Å². The second-order valence-electron chi connectivity index (χ2n) is 5.07. The first-order valence-corrected chi connectivity index (χ1v) is 7.58. The van der Waals surface area contributed by atoms with Crippen LogP contribution in [0.25, 0.3) is 0 Å². The van der Waals surface area contributed by atoms with Gasteiger partial charge < -0.3 is 4.90 Å². The first-order chi connectivity index (χ1) is 9.78. The highest BCUT2D eigenvalue weighted by Gasteiger charge is 2.16. The van der Waals surface area contributed by atoms with Gasteiger partial charge in [-0.05, 0) is 58.1 Å². The van der Waals surface area contributed by atoms with Gasteiger partial charge in [-0.3, -0.25) is 0 Å². The molecule has 2 aromatic carbocycles. The standard InChI is InChI=1S/C17H15BrN2/c18-16-10-13(11-19)7-8-17(16)20-9-3-6-14-4-1-2-5-15(14)12-20/h1-2,4-5,7-8,10H,3,6,9,12H2. The number of fused-ring (bicyclic) bond motifs is 1. The number of nitriles is 1. The summed E-state index contributed by atoms with van der Waals surface area (Å²) in [6.07, 6.45) is 2.30. The molecule has 0 saturated heterocycles. The lowest BCUT2D eigenvalue weighted by atomic mass is 10.0. The van der Waals surface area contributed by atoms with Crippen molar-refractivity contribution in [2.75, 3.05) is 11.4 Å². The van der Waals surface area contributed by atoms with Crippen molar-refractivity contribution in [3.8, 4) is 6.07 Å². The molecular formula is C17H15BrN2. The van der Waals surface area contributed by atoms with Gasteiger partial charge in [0.1, 0.15) is 0 Å². The number of aryl methyl sites for hydroxylation is 1. The molecule has 0 radical (unpaired) electrons. The Balaban J connectivity index is 1.94. The Kier molecular flexibility index (Phi) is 3.75. The molecule has 1 aliphatic heterocycles. The predicted molar refractivity (Wildman–Crippen MR) is 84.7 cm³/mol. The van der Waals surface area contributed by atoms with E-state index in [-0.39, 0.29) is 0 Å². The van der Waals surface area contributed by atoms with Gasteiger partial charge >= 0.3 is 0 Å². The van der Waals surface area contributed by atoms with Crippen molar-refractivity contribution in [3.05, 3.63) is 63.6 Å². The number of benzene rings is 2. The van der Waals surface area contributed by atoms with E-state index >= 15 is 0 Å². The molecule has 2 aromatic rings. The van der Waals surface area contributed by atoms with Crippen LogP contribution in [0.5, 0.6) is 0 Å².